The summed E-state index contributed by atoms with van der Waals surface area (Å²) in [6.07, 6.45) is 7.52. The van der Waals surface area contributed by atoms with Crippen LogP contribution in [0.4, 0.5) is 0 Å². The van der Waals surface area contributed by atoms with Crippen LogP contribution < -0.4 is 10.3 Å². The lowest BCUT2D eigenvalue weighted by Gasteiger charge is -2.33. The van der Waals surface area contributed by atoms with Gasteiger partial charge in [-0.3, -0.25) is 14.2 Å². The lowest BCUT2D eigenvalue weighted by molar-refractivity contribution is -0.131. The smallest absolute Gasteiger partial charge is 0.267 e. The van der Waals surface area contributed by atoms with Crippen molar-refractivity contribution in [2.24, 2.45) is 0 Å². The predicted octanol–water partition coefficient (Wildman–Crippen LogP) is 5.22. The molecular formula is C26H31N3O3S2. The Morgan fingerprint density at radius 1 is 1.18 bits per heavy atom. The first kappa shape index (κ1) is 23.4. The van der Waals surface area contributed by atoms with Gasteiger partial charge in [0.25, 0.3) is 5.56 Å². The molecule has 1 fully saturated rings. The number of aromatic nitrogens is 2. The molecule has 1 amide bonds. The second kappa shape index (κ2) is 10.1. The molecule has 0 bridgehead atoms. The number of aryl methyl sites for hydroxylation is 2. The Kier molecular flexibility index (Phi) is 6.97. The van der Waals surface area contributed by atoms with E-state index in [4.69, 9.17) is 9.72 Å². The Morgan fingerprint density at radius 3 is 2.74 bits per heavy atom. The van der Waals surface area contributed by atoms with Crippen molar-refractivity contribution in [1.82, 2.24) is 14.5 Å². The van der Waals surface area contributed by atoms with Crippen molar-refractivity contribution in [3.63, 3.8) is 0 Å². The molecule has 1 aromatic carbocycles. The molecule has 1 saturated heterocycles. The second-order valence-corrected chi connectivity index (χ2v) is 11.1. The summed E-state index contributed by atoms with van der Waals surface area (Å²) in [5.41, 5.74) is 1.90. The normalized spacial score (nSPS) is 18.2. The van der Waals surface area contributed by atoms with E-state index in [2.05, 4.69) is 6.92 Å². The van der Waals surface area contributed by atoms with Crippen molar-refractivity contribution < 1.29 is 9.53 Å². The van der Waals surface area contributed by atoms with E-state index in [0.717, 1.165) is 66.7 Å². The quantitative estimate of drug-likeness (QED) is 0.345. The molecule has 0 spiro atoms. The fraction of sp³-hybridized carbons (Fsp3) is 0.500. The average Bonchev–Trinajstić information content (AvgIpc) is 3.22. The largest absolute Gasteiger partial charge is 0.494 e. The highest BCUT2D eigenvalue weighted by Gasteiger charge is 2.26. The van der Waals surface area contributed by atoms with Gasteiger partial charge in [-0.15, -0.1) is 11.3 Å². The summed E-state index contributed by atoms with van der Waals surface area (Å²) in [5, 5.41) is 1.34. The van der Waals surface area contributed by atoms with Gasteiger partial charge in [0, 0.05) is 17.5 Å². The molecule has 0 saturated carbocycles. The van der Waals surface area contributed by atoms with Crippen LogP contribution in [0.1, 0.15) is 56.4 Å². The lowest BCUT2D eigenvalue weighted by Crippen LogP contribution is -2.43. The van der Waals surface area contributed by atoms with Crippen LogP contribution in [-0.2, 0) is 17.6 Å². The molecule has 8 heteroatoms. The number of fused-ring (bicyclic) bond motifs is 3. The first-order valence-electron chi connectivity index (χ1n) is 12.3. The minimum absolute atomic E-state index is 0.0325. The molecule has 0 radical (unpaired) electrons. The Hall–Kier alpha value is -2.32. The number of hydrogen-bond donors (Lipinski definition) is 0. The van der Waals surface area contributed by atoms with Gasteiger partial charge in [-0.1, -0.05) is 11.8 Å². The SMILES string of the molecule is CCOc1ccc(-n2c(SCC(=O)N3CCCCC3C)nc3sc4c(c3c2=O)CCCC4)cc1. The van der Waals surface area contributed by atoms with E-state index >= 15 is 0 Å². The Balaban J connectivity index is 1.54. The van der Waals surface area contributed by atoms with Crippen LogP contribution in [0.15, 0.2) is 34.2 Å². The fourth-order valence-corrected chi connectivity index (χ4v) is 7.25. The summed E-state index contributed by atoms with van der Waals surface area (Å²) in [6.45, 7) is 5.48. The van der Waals surface area contributed by atoms with Gasteiger partial charge in [-0.25, -0.2) is 4.98 Å². The number of piperidine rings is 1. The third-order valence-electron chi connectivity index (χ3n) is 6.81. The molecule has 3 aromatic rings. The molecule has 5 rings (SSSR count). The number of carbonyl (C=O) groups excluding carboxylic acids is 1. The molecule has 180 valence electrons. The number of likely N-dealkylation sites (tertiary alicyclic amines) is 1. The molecule has 1 aliphatic carbocycles. The number of nitrogens with zero attached hydrogens (tertiary/aromatic N) is 3. The van der Waals surface area contributed by atoms with Crippen LogP contribution in [-0.4, -0.2) is 45.3 Å². The maximum atomic E-state index is 13.9. The van der Waals surface area contributed by atoms with Crippen LogP contribution in [0.2, 0.25) is 0 Å². The molecule has 3 heterocycles. The summed E-state index contributed by atoms with van der Waals surface area (Å²) >= 11 is 3.02. The highest BCUT2D eigenvalue weighted by Crippen LogP contribution is 2.35. The van der Waals surface area contributed by atoms with Gasteiger partial charge in [-0.05, 0) is 88.6 Å². The number of thiophene rings is 1. The van der Waals surface area contributed by atoms with Crippen LogP contribution in [0, 0.1) is 0 Å². The minimum Gasteiger partial charge on any atom is -0.494 e. The van der Waals surface area contributed by atoms with Crippen molar-refractivity contribution in [1.29, 1.82) is 0 Å². The molecule has 1 atom stereocenters. The molecule has 1 unspecified atom stereocenters. The van der Waals surface area contributed by atoms with Crippen LogP contribution >= 0.6 is 23.1 Å². The highest BCUT2D eigenvalue weighted by atomic mass is 32.2. The maximum Gasteiger partial charge on any atom is 0.267 e. The Bertz CT molecular complexity index is 1250. The molecule has 0 N–H and O–H groups in total. The maximum absolute atomic E-state index is 13.9. The van der Waals surface area contributed by atoms with Crippen molar-refractivity contribution in [3.05, 3.63) is 45.1 Å². The first-order chi connectivity index (χ1) is 16.6. The van der Waals surface area contributed by atoms with E-state index in [0.29, 0.717) is 11.8 Å². The molecule has 34 heavy (non-hydrogen) atoms. The Morgan fingerprint density at radius 2 is 1.97 bits per heavy atom. The van der Waals surface area contributed by atoms with Gasteiger partial charge in [0.05, 0.1) is 23.4 Å². The molecule has 2 aliphatic rings. The van der Waals surface area contributed by atoms with E-state index in [1.807, 2.05) is 36.1 Å². The first-order valence-corrected chi connectivity index (χ1v) is 14.1. The average molecular weight is 498 g/mol. The van der Waals surface area contributed by atoms with E-state index < -0.39 is 0 Å². The van der Waals surface area contributed by atoms with Gasteiger partial charge in [0.2, 0.25) is 5.91 Å². The van der Waals surface area contributed by atoms with E-state index in [-0.39, 0.29) is 23.3 Å². The number of rotatable bonds is 6. The van der Waals surface area contributed by atoms with Crippen molar-refractivity contribution in [3.8, 4) is 11.4 Å². The zero-order valence-electron chi connectivity index (χ0n) is 19.8. The third kappa shape index (κ3) is 4.50. The number of hydrogen-bond acceptors (Lipinski definition) is 6. The zero-order chi connectivity index (χ0) is 23.7. The number of carbonyl (C=O) groups is 1. The number of benzene rings is 1. The fourth-order valence-electron chi connectivity index (χ4n) is 5.05. The van der Waals surface area contributed by atoms with Crippen LogP contribution in [0.3, 0.4) is 0 Å². The molecule has 2 aromatic heterocycles. The van der Waals surface area contributed by atoms with Crippen LogP contribution in [0.25, 0.3) is 15.9 Å². The van der Waals surface area contributed by atoms with E-state index in [1.165, 1.54) is 28.6 Å². The lowest BCUT2D eigenvalue weighted by atomic mass is 9.97. The molecular weight excluding hydrogens is 466 g/mol. The third-order valence-corrected chi connectivity index (χ3v) is 8.92. The summed E-state index contributed by atoms with van der Waals surface area (Å²) < 4.78 is 7.28. The van der Waals surface area contributed by atoms with Crippen molar-refractivity contribution in [2.75, 3.05) is 18.9 Å². The summed E-state index contributed by atoms with van der Waals surface area (Å²) in [6, 6.07) is 7.84. The Labute approximate surface area is 208 Å². The van der Waals surface area contributed by atoms with Crippen molar-refractivity contribution >= 4 is 39.2 Å². The van der Waals surface area contributed by atoms with Gasteiger partial charge in [-0.2, -0.15) is 0 Å². The van der Waals surface area contributed by atoms with E-state index in [1.54, 1.807) is 15.9 Å². The summed E-state index contributed by atoms with van der Waals surface area (Å²) in [4.78, 5) is 36.0. The predicted molar refractivity (Wildman–Crippen MR) is 139 cm³/mol. The molecule has 6 nitrogen and oxygen atoms in total. The van der Waals surface area contributed by atoms with E-state index in [9.17, 15) is 9.59 Å². The standard InChI is InChI=1S/C26H31N3O3S2/c1-3-32-19-13-11-18(12-14-19)29-25(31)23-20-9-4-5-10-21(20)34-24(23)27-26(29)33-16-22(30)28-15-7-6-8-17(28)2/h11-14,17H,3-10,15-16H2,1-2H3. The van der Waals surface area contributed by atoms with Crippen LogP contribution in [0.5, 0.6) is 5.75 Å². The summed E-state index contributed by atoms with van der Waals surface area (Å²) in [7, 11) is 0. The minimum atomic E-state index is -0.0325. The van der Waals surface area contributed by atoms with Gasteiger partial charge in [0.1, 0.15) is 10.6 Å². The van der Waals surface area contributed by atoms with Gasteiger partial charge < -0.3 is 9.64 Å². The monoisotopic (exact) mass is 497 g/mol. The summed E-state index contributed by atoms with van der Waals surface area (Å²) in [5.74, 6) is 1.17. The second-order valence-electron chi connectivity index (χ2n) is 9.07. The number of amides is 1. The number of ether oxygens (including phenoxy) is 1. The topological polar surface area (TPSA) is 64.4 Å². The molecule has 1 aliphatic heterocycles. The zero-order valence-corrected chi connectivity index (χ0v) is 21.5. The van der Waals surface area contributed by atoms with Gasteiger partial charge >= 0.3 is 0 Å². The van der Waals surface area contributed by atoms with Crippen molar-refractivity contribution in [2.45, 2.75) is 70.0 Å². The van der Waals surface area contributed by atoms with Gasteiger partial charge in [0.15, 0.2) is 5.16 Å². The number of thioether (sulfide) groups is 1. The highest BCUT2D eigenvalue weighted by molar-refractivity contribution is 7.99.